The van der Waals surface area contributed by atoms with Crippen molar-refractivity contribution in [1.82, 2.24) is 5.32 Å². The van der Waals surface area contributed by atoms with Gasteiger partial charge in [-0.25, -0.2) is 8.42 Å². The van der Waals surface area contributed by atoms with Crippen LogP contribution in [0.2, 0.25) is 0 Å². The predicted molar refractivity (Wildman–Crippen MR) is 89.5 cm³/mol. The molecule has 22 heavy (non-hydrogen) atoms. The maximum Gasteiger partial charge on any atom is 0.261 e. The number of amides is 1. The van der Waals surface area contributed by atoms with Crippen molar-refractivity contribution >= 4 is 37.5 Å². The number of carbonyl (C=O) groups excluding carboxylic acids is 1. The number of rotatable bonds is 4. The Balaban J connectivity index is 2.28. The van der Waals surface area contributed by atoms with Crippen molar-refractivity contribution in [3.8, 4) is 0 Å². The van der Waals surface area contributed by atoms with Crippen molar-refractivity contribution in [2.75, 3.05) is 11.8 Å². The summed E-state index contributed by atoms with van der Waals surface area (Å²) in [5.41, 5.74) is 1.72. The maximum atomic E-state index is 12.4. The molecule has 0 spiro atoms. The topological polar surface area (TPSA) is 75.3 Å². The second-order valence-electron chi connectivity index (χ2n) is 4.67. The first-order valence-corrected chi connectivity index (χ1v) is 8.72. The summed E-state index contributed by atoms with van der Waals surface area (Å²) in [6, 6.07) is 11.0. The highest BCUT2D eigenvalue weighted by molar-refractivity contribution is 9.10. The normalized spacial score (nSPS) is 11.0. The number of sulfonamides is 1. The Kier molecular flexibility index (Phi) is 4.87. The molecule has 2 aromatic rings. The maximum absolute atomic E-state index is 12.4. The van der Waals surface area contributed by atoms with Crippen LogP contribution in [-0.4, -0.2) is 21.4 Å². The third-order valence-electron chi connectivity index (χ3n) is 3.09. The van der Waals surface area contributed by atoms with Crippen LogP contribution in [0, 0.1) is 6.92 Å². The molecule has 0 aromatic heterocycles. The lowest BCUT2D eigenvalue weighted by atomic mass is 10.2. The zero-order valence-corrected chi connectivity index (χ0v) is 14.5. The molecule has 2 aromatic carbocycles. The Hall–Kier alpha value is -1.86. The number of hydrogen-bond acceptors (Lipinski definition) is 3. The summed E-state index contributed by atoms with van der Waals surface area (Å²) in [6.45, 7) is 1.82. The van der Waals surface area contributed by atoms with E-state index in [1.54, 1.807) is 12.1 Å². The second kappa shape index (κ2) is 6.50. The van der Waals surface area contributed by atoms with Crippen LogP contribution >= 0.6 is 15.9 Å². The Morgan fingerprint density at radius 3 is 2.27 bits per heavy atom. The van der Waals surface area contributed by atoms with E-state index in [0.29, 0.717) is 11.3 Å². The summed E-state index contributed by atoms with van der Waals surface area (Å²) in [5, 5.41) is 2.48. The fourth-order valence-electron chi connectivity index (χ4n) is 1.88. The van der Waals surface area contributed by atoms with Gasteiger partial charge < -0.3 is 5.32 Å². The minimum atomic E-state index is -3.69. The number of benzene rings is 2. The van der Waals surface area contributed by atoms with Gasteiger partial charge >= 0.3 is 0 Å². The van der Waals surface area contributed by atoms with Gasteiger partial charge in [0.25, 0.3) is 15.9 Å². The van der Waals surface area contributed by atoms with Gasteiger partial charge in [0, 0.05) is 17.1 Å². The van der Waals surface area contributed by atoms with Crippen LogP contribution in [0.5, 0.6) is 0 Å². The van der Waals surface area contributed by atoms with Crippen LogP contribution in [-0.2, 0) is 10.0 Å². The molecule has 5 nitrogen and oxygen atoms in total. The first kappa shape index (κ1) is 16.5. The minimum Gasteiger partial charge on any atom is -0.355 e. The molecule has 2 rings (SSSR count). The van der Waals surface area contributed by atoms with Gasteiger partial charge in [-0.2, -0.15) is 0 Å². The highest BCUT2D eigenvalue weighted by atomic mass is 79.9. The Labute approximate surface area is 137 Å². The molecular weight excluding hydrogens is 368 g/mol. The van der Waals surface area contributed by atoms with Crippen molar-refractivity contribution in [1.29, 1.82) is 0 Å². The fourth-order valence-corrected chi connectivity index (χ4v) is 3.48. The standard InChI is InChI=1S/C15H15BrN2O3S/c1-10-9-12(16)5-8-14(10)18-22(20,21)13-6-3-11(4-7-13)15(19)17-2/h3-9,18H,1-2H3,(H,17,19). The lowest BCUT2D eigenvalue weighted by molar-refractivity contribution is 0.0963. The zero-order chi connectivity index (χ0) is 16.3. The van der Waals surface area contributed by atoms with Crippen LogP contribution < -0.4 is 10.0 Å². The van der Waals surface area contributed by atoms with Crippen LogP contribution in [0.4, 0.5) is 5.69 Å². The SMILES string of the molecule is CNC(=O)c1ccc(S(=O)(=O)Nc2ccc(Br)cc2C)cc1. The van der Waals surface area contributed by atoms with Gasteiger partial charge in [0.2, 0.25) is 0 Å². The van der Waals surface area contributed by atoms with E-state index >= 15 is 0 Å². The molecule has 2 N–H and O–H groups in total. The molecule has 0 aliphatic heterocycles. The van der Waals surface area contributed by atoms with E-state index in [0.717, 1.165) is 10.0 Å². The van der Waals surface area contributed by atoms with Crippen LogP contribution in [0.25, 0.3) is 0 Å². The minimum absolute atomic E-state index is 0.0995. The van der Waals surface area contributed by atoms with Crippen molar-refractivity contribution in [3.63, 3.8) is 0 Å². The molecule has 1 amide bonds. The Morgan fingerprint density at radius 1 is 1.09 bits per heavy atom. The van der Waals surface area contributed by atoms with Crippen molar-refractivity contribution in [3.05, 3.63) is 58.1 Å². The summed E-state index contributed by atoms with van der Waals surface area (Å²) in [4.78, 5) is 11.6. The van der Waals surface area contributed by atoms with Crippen molar-refractivity contribution < 1.29 is 13.2 Å². The largest absolute Gasteiger partial charge is 0.355 e. The Bertz CT molecular complexity index is 802. The molecule has 0 saturated carbocycles. The molecule has 116 valence electrons. The van der Waals surface area contributed by atoms with Crippen molar-refractivity contribution in [2.24, 2.45) is 0 Å². The molecule has 0 bridgehead atoms. The van der Waals surface area contributed by atoms with Gasteiger partial charge in [-0.1, -0.05) is 15.9 Å². The monoisotopic (exact) mass is 382 g/mol. The zero-order valence-electron chi connectivity index (χ0n) is 12.1. The predicted octanol–water partition coefficient (Wildman–Crippen LogP) is 2.92. The summed E-state index contributed by atoms with van der Waals surface area (Å²) in [7, 11) is -2.18. The summed E-state index contributed by atoms with van der Waals surface area (Å²) in [5.74, 6) is -0.263. The van der Waals surface area contributed by atoms with Crippen LogP contribution in [0.1, 0.15) is 15.9 Å². The third-order valence-corrected chi connectivity index (χ3v) is 4.96. The number of halogens is 1. The first-order valence-electron chi connectivity index (χ1n) is 6.44. The first-order chi connectivity index (χ1) is 10.3. The van der Waals surface area contributed by atoms with E-state index in [1.807, 2.05) is 13.0 Å². The van der Waals surface area contributed by atoms with Gasteiger partial charge in [-0.3, -0.25) is 9.52 Å². The van der Waals surface area contributed by atoms with E-state index < -0.39 is 10.0 Å². The number of aryl methyl sites for hydroxylation is 1. The molecule has 0 radical (unpaired) electrons. The Morgan fingerprint density at radius 2 is 1.73 bits per heavy atom. The van der Waals surface area contributed by atoms with Gasteiger partial charge in [0.05, 0.1) is 10.6 Å². The molecule has 0 fully saturated rings. The van der Waals surface area contributed by atoms with Crippen LogP contribution in [0.15, 0.2) is 51.8 Å². The molecule has 0 heterocycles. The van der Waals surface area contributed by atoms with Gasteiger partial charge in [-0.15, -0.1) is 0 Å². The molecule has 0 aliphatic carbocycles. The average Bonchev–Trinajstić information content (AvgIpc) is 2.49. The van der Waals surface area contributed by atoms with Crippen molar-refractivity contribution in [2.45, 2.75) is 11.8 Å². The lowest BCUT2D eigenvalue weighted by Crippen LogP contribution is -2.18. The fraction of sp³-hybridized carbons (Fsp3) is 0.133. The molecule has 0 aliphatic rings. The van der Waals surface area contributed by atoms with E-state index in [2.05, 4.69) is 26.0 Å². The van der Waals surface area contributed by atoms with Gasteiger partial charge in [0.15, 0.2) is 0 Å². The van der Waals surface area contributed by atoms with E-state index in [4.69, 9.17) is 0 Å². The molecule has 0 unspecified atom stereocenters. The van der Waals surface area contributed by atoms with Gasteiger partial charge in [-0.05, 0) is 55.0 Å². The number of carbonyl (C=O) groups is 1. The highest BCUT2D eigenvalue weighted by Gasteiger charge is 2.16. The summed E-state index contributed by atoms with van der Waals surface area (Å²) >= 11 is 3.33. The molecular formula is C15H15BrN2O3S. The van der Waals surface area contributed by atoms with Crippen LogP contribution in [0.3, 0.4) is 0 Å². The number of nitrogens with one attached hydrogen (secondary N) is 2. The number of hydrogen-bond donors (Lipinski definition) is 2. The number of anilines is 1. The van der Waals surface area contributed by atoms with E-state index in [-0.39, 0.29) is 10.8 Å². The molecule has 0 atom stereocenters. The summed E-state index contributed by atoms with van der Waals surface area (Å²) in [6.07, 6.45) is 0. The average molecular weight is 383 g/mol. The lowest BCUT2D eigenvalue weighted by Gasteiger charge is -2.11. The molecule has 0 saturated heterocycles. The van der Waals surface area contributed by atoms with E-state index in [1.165, 1.54) is 31.3 Å². The molecule has 7 heteroatoms. The third kappa shape index (κ3) is 3.66. The summed E-state index contributed by atoms with van der Waals surface area (Å²) < 4.78 is 28.2. The van der Waals surface area contributed by atoms with E-state index in [9.17, 15) is 13.2 Å². The second-order valence-corrected chi connectivity index (χ2v) is 7.27. The quantitative estimate of drug-likeness (QED) is 0.853. The smallest absolute Gasteiger partial charge is 0.261 e. The van der Waals surface area contributed by atoms with Gasteiger partial charge in [0.1, 0.15) is 0 Å². The highest BCUT2D eigenvalue weighted by Crippen LogP contribution is 2.23.